The number of amides is 1. The SMILES string of the molecule is C=C(C)CN(CC)C(=O)COC(=O)CCc1ccc(OC)cc1. The van der Waals surface area contributed by atoms with Crippen molar-refractivity contribution >= 4 is 11.9 Å². The number of nitrogens with zero attached hydrogens (tertiary/aromatic N) is 1. The second-order valence-corrected chi connectivity index (χ2v) is 5.37. The first kappa shape index (κ1) is 18.7. The van der Waals surface area contributed by atoms with Crippen LogP contribution in [0.1, 0.15) is 25.8 Å². The highest BCUT2D eigenvalue weighted by molar-refractivity contribution is 5.80. The summed E-state index contributed by atoms with van der Waals surface area (Å²) in [5.74, 6) is 0.202. The Hall–Kier alpha value is -2.30. The van der Waals surface area contributed by atoms with Crippen LogP contribution in [0.5, 0.6) is 5.75 Å². The van der Waals surface area contributed by atoms with Crippen LogP contribution in [0.3, 0.4) is 0 Å². The number of hydrogen-bond donors (Lipinski definition) is 0. The molecule has 0 heterocycles. The molecule has 5 heteroatoms. The normalized spacial score (nSPS) is 10.0. The van der Waals surface area contributed by atoms with E-state index in [1.54, 1.807) is 12.0 Å². The Morgan fingerprint density at radius 3 is 2.39 bits per heavy atom. The monoisotopic (exact) mass is 319 g/mol. The zero-order chi connectivity index (χ0) is 17.2. The third-order valence-electron chi connectivity index (χ3n) is 3.33. The lowest BCUT2D eigenvalue weighted by Gasteiger charge is -2.20. The molecule has 0 bridgehead atoms. The fourth-order valence-corrected chi connectivity index (χ4v) is 2.05. The van der Waals surface area contributed by atoms with Crippen molar-refractivity contribution in [2.24, 2.45) is 0 Å². The van der Waals surface area contributed by atoms with Gasteiger partial charge in [0.15, 0.2) is 6.61 Å². The van der Waals surface area contributed by atoms with Gasteiger partial charge in [-0.15, -0.1) is 0 Å². The molecule has 1 rings (SSSR count). The van der Waals surface area contributed by atoms with Crippen LogP contribution in [0, 0.1) is 0 Å². The molecule has 0 aromatic heterocycles. The average molecular weight is 319 g/mol. The van der Waals surface area contributed by atoms with Crippen molar-refractivity contribution < 1.29 is 19.1 Å². The Labute approximate surface area is 137 Å². The van der Waals surface area contributed by atoms with E-state index in [0.717, 1.165) is 16.9 Å². The molecule has 0 atom stereocenters. The lowest BCUT2D eigenvalue weighted by Crippen LogP contribution is -2.35. The molecule has 0 N–H and O–H groups in total. The van der Waals surface area contributed by atoms with Gasteiger partial charge < -0.3 is 14.4 Å². The molecule has 0 spiro atoms. The second-order valence-electron chi connectivity index (χ2n) is 5.37. The minimum absolute atomic E-state index is 0.201. The zero-order valence-electron chi connectivity index (χ0n) is 14.1. The van der Waals surface area contributed by atoms with E-state index in [2.05, 4.69) is 6.58 Å². The van der Waals surface area contributed by atoms with Gasteiger partial charge in [0.2, 0.25) is 0 Å². The number of hydrogen-bond acceptors (Lipinski definition) is 4. The van der Waals surface area contributed by atoms with Crippen molar-refractivity contribution in [1.29, 1.82) is 0 Å². The fourth-order valence-electron chi connectivity index (χ4n) is 2.05. The number of carbonyl (C=O) groups excluding carboxylic acids is 2. The number of esters is 1. The van der Waals surface area contributed by atoms with Gasteiger partial charge >= 0.3 is 5.97 Å². The molecule has 1 aromatic carbocycles. The highest BCUT2D eigenvalue weighted by Gasteiger charge is 2.14. The molecule has 0 radical (unpaired) electrons. The lowest BCUT2D eigenvalue weighted by molar-refractivity contribution is -0.151. The highest BCUT2D eigenvalue weighted by atomic mass is 16.5. The zero-order valence-corrected chi connectivity index (χ0v) is 14.1. The van der Waals surface area contributed by atoms with Gasteiger partial charge in [-0.25, -0.2) is 0 Å². The van der Waals surface area contributed by atoms with E-state index in [9.17, 15) is 9.59 Å². The predicted octanol–water partition coefficient (Wildman–Crippen LogP) is 2.60. The number of rotatable bonds is 9. The van der Waals surface area contributed by atoms with Gasteiger partial charge in [-0.05, 0) is 38.0 Å². The summed E-state index contributed by atoms with van der Waals surface area (Å²) in [4.78, 5) is 25.3. The predicted molar refractivity (Wildman–Crippen MR) is 89.3 cm³/mol. The minimum atomic E-state index is -0.374. The first-order valence-electron chi connectivity index (χ1n) is 7.67. The highest BCUT2D eigenvalue weighted by Crippen LogP contribution is 2.12. The average Bonchev–Trinajstić information content (AvgIpc) is 2.55. The van der Waals surface area contributed by atoms with Crippen molar-refractivity contribution in [3.8, 4) is 5.75 Å². The minimum Gasteiger partial charge on any atom is -0.497 e. The Balaban J connectivity index is 2.35. The van der Waals surface area contributed by atoms with Crippen LogP contribution < -0.4 is 4.74 Å². The lowest BCUT2D eigenvalue weighted by atomic mass is 10.1. The van der Waals surface area contributed by atoms with Gasteiger partial charge in [0.1, 0.15) is 5.75 Å². The van der Waals surface area contributed by atoms with Crippen molar-refractivity contribution in [3.63, 3.8) is 0 Å². The van der Waals surface area contributed by atoms with Crippen LogP contribution in [0.15, 0.2) is 36.4 Å². The van der Waals surface area contributed by atoms with Gasteiger partial charge in [-0.3, -0.25) is 9.59 Å². The van der Waals surface area contributed by atoms with Crippen LogP contribution in [0.25, 0.3) is 0 Å². The van der Waals surface area contributed by atoms with Crippen LogP contribution in [-0.4, -0.2) is 43.6 Å². The molecule has 1 amide bonds. The summed E-state index contributed by atoms with van der Waals surface area (Å²) in [5.41, 5.74) is 1.91. The van der Waals surface area contributed by atoms with Crippen molar-refractivity contribution in [2.45, 2.75) is 26.7 Å². The van der Waals surface area contributed by atoms with E-state index >= 15 is 0 Å². The second kappa shape index (κ2) is 9.66. The van der Waals surface area contributed by atoms with E-state index in [1.807, 2.05) is 38.1 Å². The van der Waals surface area contributed by atoms with E-state index in [4.69, 9.17) is 9.47 Å². The molecule has 23 heavy (non-hydrogen) atoms. The summed E-state index contributed by atoms with van der Waals surface area (Å²) < 4.78 is 10.1. The standard InChI is InChI=1S/C18H25NO4/c1-5-19(12-14(2)3)17(20)13-23-18(21)11-8-15-6-9-16(22-4)10-7-15/h6-7,9-10H,2,5,8,11-13H2,1,3-4H3. The summed E-state index contributed by atoms with van der Waals surface area (Å²) in [7, 11) is 1.61. The summed E-state index contributed by atoms with van der Waals surface area (Å²) >= 11 is 0. The Kier molecular flexibility index (Phi) is 7.88. The summed E-state index contributed by atoms with van der Waals surface area (Å²) in [5, 5.41) is 0. The number of aryl methyl sites for hydroxylation is 1. The molecule has 5 nitrogen and oxygen atoms in total. The molecule has 0 aliphatic rings. The fraction of sp³-hybridized carbons (Fsp3) is 0.444. The maximum atomic E-state index is 12.0. The molecule has 0 aliphatic heterocycles. The Bertz CT molecular complexity index is 536. The number of ether oxygens (including phenoxy) is 2. The number of benzene rings is 1. The smallest absolute Gasteiger partial charge is 0.306 e. The van der Waals surface area contributed by atoms with Crippen molar-refractivity contribution in [3.05, 3.63) is 42.0 Å². The van der Waals surface area contributed by atoms with Gasteiger partial charge in [-0.2, -0.15) is 0 Å². The molecule has 0 aliphatic carbocycles. The molecule has 0 unspecified atom stereocenters. The summed E-state index contributed by atoms with van der Waals surface area (Å²) in [6.07, 6.45) is 0.812. The van der Waals surface area contributed by atoms with E-state index < -0.39 is 0 Å². The third-order valence-corrected chi connectivity index (χ3v) is 3.33. The first-order chi connectivity index (χ1) is 11.0. The first-order valence-corrected chi connectivity index (χ1v) is 7.67. The van der Waals surface area contributed by atoms with Gasteiger partial charge in [0, 0.05) is 19.5 Å². The van der Waals surface area contributed by atoms with E-state index in [0.29, 0.717) is 19.5 Å². The largest absolute Gasteiger partial charge is 0.497 e. The number of methoxy groups -OCH3 is 1. The van der Waals surface area contributed by atoms with E-state index in [1.165, 1.54) is 0 Å². The third kappa shape index (κ3) is 7.00. The maximum absolute atomic E-state index is 12.0. The van der Waals surface area contributed by atoms with Crippen LogP contribution in [0.2, 0.25) is 0 Å². The van der Waals surface area contributed by atoms with Crippen LogP contribution >= 0.6 is 0 Å². The summed E-state index contributed by atoms with van der Waals surface area (Å²) in [6, 6.07) is 7.51. The topological polar surface area (TPSA) is 55.8 Å². The molecule has 0 saturated heterocycles. The van der Waals surface area contributed by atoms with Gasteiger partial charge in [0.05, 0.1) is 7.11 Å². The van der Waals surface area contributed by atoms with Gasteiger partial charge in [-0.1, -0.05) is 24.3 Å². The van der Waals surface area contributed by atoms with Gasteiger partial charge in [0.25, 0.3) is 5.91 Å². The van der Waals surface area contributed by atoms with Crippen molar-refractivity contribution in [1.82, 2.24) is 4.90 Å². The quantitative estimate of drug-likeness (QED) is 0.518. The maximum Gasteiger partial charge on any atom is 0.306 e. The molecule has 0 saturated carbocycles. The molecular formula is C18H25NO4. The number of carbonyl (C=O) groups is 2. The Morgan fingerprint density at radius 1 is 1.22 bits per heavy atom. The van der Waals surface area contributed by atoms with Crippen LogP contribution in [-0.2, 0) is 20.7 Å². The summed E-state index contributed by atoms with van der Waals surface area (Å²) in [6.45, 7) is 8.35. The molecular weight excluding hydrogens is 294 g/mol. The molecule has 0 fully saturated rings. The van der Waals surface area contributed by atoms with Crippen LogP contribution in [0.4, 0.5) is 0 Å². The number of likely N-dealkylation sites (N-methyl/N-ethyl adjacent to an activating group) is 1. The van der Waals surface area contributed by atoms with Crippen molar-refractivity contribution in [2.75, 3.05) is 26.8 Å². The molecule has 126 valence electrons. The molecule has 1 aromatic rings. The van der Waals surface area contributed by atoms with E-state index in [-0.39, 0.29) is 24.9 Å². The Morgan fingerprint density at radius 2 is 1.87 bits per heavy atom.